The summed E-state index contributed by atoms with van der Waals surface area (Å²) in [5.74, 6) is -0.136. The van der Waals surface area contributed by atoms with Crippen LogP contribution in [-0.4, -0.2) is 54.4 Å². The number of nitrogens with zero attached hydrogens (tertiary/aromatic N) is 2. The monoisotopic (exact) mass is 537 g/mol. The third kappa shape index (κ3) is 5.57. The number of ether oxygens (including phenoxy) is 2. The van der Waals surface area contributed by atoms with Crippen LogP contribution in [0, 0.1) is 0 Å². The SMILES string of the molecule is COCC1CN(c2ccc(C(c3ccccc3)n3[nH]c(=O)c(Sc4ccccc4Cl)c3O)cc2)CCO1. The fourth-order valence-corrected chi connectivity index (χ4v) is 5.69. The molecule has 1 aliphatic rings. The van der Waals surface area contributed by atoms with E-state index in [-0.39, 0.29) is 22.4 Å². The average molecular weight is 538 g/mol. The zero-order valence-electron chi connectivity index (χ0n) is 20.3. The maximum absolute atomic E-state index is 13.0. The normalized spacial score (nSPS) is 16.6. The first-order valence-corrected chi connectivity index (χ1v) is 13.2. The van der Waals surface area contributed by atoms with E-state index in [1.54, 1.807) is 13.2 Å². The van der Waals surface area contributed by atoms with Crippen LogP contribution in [0.15, 0.2) is 93.4 Å². The summed E-state index contributed by atoms with van der Waals surface area (Å²) < 4.78 is 12.6. The highest BCUT2D eigenvalue weighted by Gasteiger charge is 2.26. The van der Waals surface area contributed by atoms with E-state index < -0.39 is 6.04 Å². The van der Waals surface area contributed by atoms with Crippen molar-refractivity contribution < 1.29 is 14.6 Å². The molecule has 1 aromatic heterocycles. The molecule has 5 rings (SSSR count). The molecule has 2 atom stereocenters. The van der Waals surface area contributed by atoms with Crippen LogP contribution >= 0.6 is 23.4 Å². The largest absolute Gasteiger partial charge is 0.493 e. The number of aromatic nitrogens is 2. The summed E-state index contributed by atoms with van der Waals surface area (Å²) in [6.07, 6.45) is 0.0337. The summed E-state index contributed by atoms with van der Waals surface area (Å²) in [7, 11) is 1.68. The van der Waals surface area contributed by atoms with Crippen LogP contribution in [-0.2, 0) is 9.47 Å². The lowest BCUT2D eigenvalue weighted by molar-refractivity contribution is -0.0100. The van der Waals surface area contributed by atoms with Crippen molar-refractivity contribution in [2.45, 2.75) is 21.9 Å². The molecular formula is C28H28ClN3O4S. The molecule has 1 fully saturated rings. The summed E-state index contributed by atoms with van der Waals surface area (Å²) in [4.78, 5) is 16.1. The Morgan fingerprint density at radius 3 is 2.51 bits per heavy atom. The standard InChI is InChI=1S/C28H28ClN3O4S/c1-35-18-22-17-31(15-16-36-22)21-13-11-20(12-14-21)25(19-7-3-2-4-8-19)32-28(34)26(27(33)30-32)37-24-10-6-5-9-23(24)29/h2-14,22,25,34H,15-18H2,1H3,(H,30,33). The maximum atomic E-state index is 13.0. The molecule has 3 aromatic carbocycles. The van der Waals surface area contributed by atoms with Crippen LogP contribution in [0.25, 0.3) is 0 Å². The smallest absolute Gasteiger partial charge is 0.282 e. The molecule has 1 saturated heterocycles. The van der Waals surface area contributed by atoms with Gasteiger partial charge in [-0.15, -0.1) is 0 Å². The summed E-state index contributed by atoms with van der Waals surface area (Å²) in [6, 6.07) is 24.8. The molecule has 0 bridgehead atoms. The summed E-state index contributed by atoms with van der Waals surface area (Å²) in [5, 5.41) is 14.6. The predicted molar refractivity (Wildman–Crippen MR) is 146 cm³/mol. The first-order valence-electron chi connectivity index (χ1n) is 12.0. The number of benzene rings is 3. The average Bonchev–Trinajstić information content (AvgIpc) is 3.19. The molecule has 0 amide bonds. The van der Waals surface area contributed by atoms with Crippen molar-refractivity contribution in [3.63, 3.8) is 0 Å². The number of hydrogen-bond donors (Lipinski definition) is 2. The lowest BCUT2D eigenvalue weighted by atomic mass is 9.98. The number of H-pyrrole nitrogens is 1. The van der Waals surface area contributed by atoms with Crippen LogP contribution in [0.2, 0.25) is 5.02 Å². The number of rotatable bonds is 8. The minimum Gasteiger partial charge on any atom is -0.493 e. The van der Waals surface area contributed by atoms with Gasteiger partial charge < -0.3 is 19.5 Å². The molecule has 192 valence electrons. The van der Waals surface area contributed by atoms with Gasteiger partial charge in [0.05, 0.1) is 24.3 Å². The molecule has 37 heavy (non-hydrogen) atoms. The fraction of sp³-hybridized carbons (Fsp3) is 0.250. The Hall–Kier alpha value is -3.17. The first kappa shape index (κ1) is 25.5. The summed E-state index contributed by atoms with van der Waals surface area (Å²) >= 11 is 7.45. The molecule has 4 aromatic rings. The number of hydrogen-bond acceptors (Lipinski definition) is 6. The Labute approximate surface area is 224 Å². The van der Waals surface area contributed by atoms with E-state index in [0.29, 0.717) is 23.1 Å². The van der Waals surface area contributed by atoms with Crippen molar-refractivity contribution in [2.24, 2.45) is 0 Å². The fourth-order valence-electron chi connectivity index (χ4n) is 4.57. The number of morpholine rings is 1. The second-order valence-corrected chi connectivity index (χ2v) is 10.3. The molecule has 9 heteroatoms. The zero-order valence-corrected chi connectivity index (χ0v) is 21.9. The van der Waals surface area contributed by atoms with E-state index in [1.807, 2.05) is 60.7 Å². The molecular weight excluding hydrogens is 510 g/mol. The molecule has 0 radical (unpaired) electrons. The maximum Gasteiger partial charge on any atom is 0.282 e. The second-order valence-electron chi connectivity index (χ2n) is 8.80. The van der Waals surface area contributed by atoms with Crippen molar-refractivity contribution in [1.82, 2.24) is 9.78 Å². The number of methoxy groups -OCH3 is 1. The number of nitrogens with one attached hydrogen (secondary N) is 1. The molecule has 2 unspecified atom stereocenters. The highest BCUT2D eigenvalue weighted by atomic mass is 35.5. The van der Waals surface area contributed by atoms with Gasteiger partial charge in [-0.2, -0.15) is 0 Å². The predicted octanol–water partition coefficient (Wildman–Crippen LogP) is 5.18. The van der Waals surface area contributed by atoms with E-state index in [2.05, 4.69) is 22.1 Å². The van der Waals surface area contributed by atoms with Crippen molar-refractivity contribution in [1.29, 1.82) is 0 Å². The lowest BCUT2D eigenvalue weighted by Crippen LogP contribution is -2.44. The first-order chi connectivity index (χ1) is 18.0. The highest BCUT2D eigenvalue weighted by Crippen LogP contribution is 2.38. The van der Waals surface area contributed by atoms with Gasteiger partial charge in [0.2, 0.25) is 5.88 Å². The quantitative estimate of drug-likeness (QED) is 0.322. The van der Waals surface area contributed by atoms with Crippen LogP contribution in [0.5, 0.6) is 5.88 Å². The Kier molecular flexibility index (Phi) is 7.90. The van der Waals surface area contributed by atoms with Crippen LogP contribution < -0.4 is 10.5 Å². The van der Waals surface area contributed by atoms with Gasteiger partial charge in [0.15, 0.2) is 0 Å². The van der Waals surface area contributed by atoms with E-state index in [4.69, 9.17) is 21.1 Å². The molecule has 0 saturated carbocycles. The van der Waals surface area contributed by atoms with Gasteiger partial charge in [-0.05, 0) is 35.4 Å². The molecule has 0 spiro atoms. The third-order valence-corrected chi connectivity index (χ3v) is 7.94. The van der Waals surface area contributed by atoms with Gasteiger partial charge in [0.1, 0.15) is 10.9 Å². The Bertz CT molecular complexity index is 1390. The van der Waals surface area contributed by atoms with Crippen molar-refractivity contribution >= 4 is 29.1 Å². The van der Waals surface area contributed by atoms with Gasteiger partial charge >= 0.3 is 0 Å². The third-order valence-electron chi connectivity index (χ3n) is 6.35. The Balaban J connectivity index is 1.49. The van der Waals surface area contributed by atoms with Crippen molar-refractivity contribution in [3.8, 4) is 5.88 Å². The minimum absolute atomic E-state index is 0.0337. The second kappa shape index (κ2) is 11.5. The molecule has 2 heterocycles. The van der Waals surface area contributed by atoms with Crippen LogP contribution in [0.4, 0.5) is 5.69 Å². The van der Waals surface area contributed by atoms with Gasteiger partial charge in [0.25, 0.3) is 5.56 Å². The van der Waals surface area contributed by atoms with Gasteiger partial charge in [-0.1, -0.05) is 78.0 Å². The van der Waals surface area contributed by atoms with Gasteiger partial charge in [-0.3, -0.25) is 9.89 Å². The highest BCUT2D eigenvalue weighted by molar-refractivity contribution is 7.99. The number of aromatic amines is 1. The topological polar surface area (TPSA) is 79.7 Å². The van der Waals surface area contributed by atoms with E-state index >= 15 is 0 Å². The number of halogens is 1. The summed E-state index contributed by atoms with van der Waals surface area (Å²) in [5.41, 5.74) is 2.56. The van der Waals surface area contributed by atoms with Crippen LogP contribution in [0.1, 0.15) is 17.2 Å². The molecule has 2 N–H and O–H groups in total. The Morgan fingerprint density at radius 1 is 1.08 bits per heavy atom. The zero-order chi connectivity index (χ0) is 25.8. The Morgan fingerprint density at radius 2 is 1.78 bits per heavy atom. The van der Waals surface area contributed by atoms with Gasteiger partial charge in [-0.25, -0.2) is 4.68 Å². The molecule has 0 aliphatic carbocycles. The van der Waals surface area contributed by atoms with E-state index in [1.165, 1.54) is 4.68 Å². The van der Waals surface area contributed by atoms with E-state index in [9.17, 15) is 9.90 Å². The van der Waals surface area contributed by atoms with Crippen LogP contribution in [0.3, 0.4) is 0 Å². The minimum atomic E-state index is -0.436. The van der Waals surface area contributed by atoms with Crippen molar-refractivity contribution in [2.75, 3.05) is 38.3 Å². The molecule has 7 nitrogen and oxygen atoms in total. The number of aromatic hydroxyl groups is 1. The van der Waals surface area contributed by atoms with E-state index in [0.717, 1.165) is 41.7 Å². The summed E-state index contributed by atoms with van der Waals surface area (Å²) in [6.45, 7) is 2.76. The van der Waals surface area contributed by atoms with Gasteiger partial charge in [0, 0.05) is 30.8 Å². The number of anilines is 1. The molecule has 1 aliphatic heterocycles. The van der Waals surface area contributed by atoms with Crippen molar-refractivity contribution in [3.05, 3.63) is 105 Å². The lowest BCUT2D eigenvalue weighted by Gasteiger charge is -2.34.